The molecule has 0 fully saturated rings. The number of esters is 1. The summed E-state index contributed by atoms with van der Waals surface area (Å²) in [4.78, 5) is 15.6. The molecule has 1 aliphatic rings. The Morgan fingerprint density at radius 2 is 2.17 bits per heavy atom. The van der Waals surface area contributed by atoms with Crippen molar-refractivity contribution in [3.8, 4) is 0 Å². The van der Waals surface area contributed by atoms with Gasteiger partial charge in [0.25, 0.3) is 0 Å². The standard InChI is InChI=1S/C11H14N2O4S/c1-7-8-4-5-13(18(3,15)16)10(8)6-9(12-7)11(14)17-2/h6H,4-5H2,1-3H3. The molecule has 1 aromatic rings. The van der Waals surface area contributed by atoms with Gasteiger partial charge >= 0.3 is 5.97 Å². The van der Waals surface area contributed by atoms with Crippen molar-refractivity contribution in [3.05, 3.63) is 23.0 Å². The van der Waals surface area contributed by atoms with Crippen molar-refractivity contribution in [2.24, 2.45) is 0 Å². The van der Waals surface area contributed by atoms with Crippen LogP contribution in [0.15, 0.2) is 6.07 Å². The summed E-state index contributed by atoms with van der Waals surface area (Å²) in [6.45, 7) is 2.15. The summed E-state index contributed by atoms with van der Waals surface area (Å²) in [7, 11) is -2.06. The number of anilines is 1. The Kier molecular flexibility index (Phi) is 3.02. The number of rotatable bonds is 2. The van der Waals surface area contributed by atoms with Gasteiger partial charge < -0.3 is 4.74 Å². The van der Waals surface area contributed by atoms with Crippen LogP contribution in [0.3, 0.4) is 0 Å². The molecule has 0 spiro atoms. The zero-order valence-electron chi connectivity index (χ0n) is 10.4. The number of pyridine rings is 1. The van der Waals surface area contributed by atoms with Crippen molar-refractivity contribution in [2.45, 2.75) is 13.3 Å². The minimum absolute atomic E-state index is 0.129. The third-order valence-electron chi connectivity index (χ3n) is 2.94. The van der Waals surface area contributed by atoms with Gasteiger partial charge in [-0.25, -0.2) is 18.2 Å². The molecule has 0 aliphatic carbocycles. The highest BCUT2D eigenvalue weighted by Gasteiger charge is 2.29. The first-order valence-corrected chi connectivity index (χ1v) is 7.26. The van der Waals surface area contributed by atoms with Gasteiger partial charge in [0, 0.05) is 12.2 Å². The topological polar surface area (TPSA) is 76.6 Å². The summed E-state index contributed by atoms with van der Waals surface area (Å²) in [6, 6.07) is 1.47. The maximum atomic E-state index is 11.6. The molecule has 0 aromatic carbocycles. The van der Waals surface area contributed by atoms with Gasteiger partial charge in [-0.2, -0.15) is 0 Å². The maximum absolute atomic E-state index is 11.6. The molecule has 2 rings (SSSR count). The number of sulfonamides is 1. The molecule has 7 heteroatoms. The number of carbonyl (C=O) groups excluding carboxylic acids is 1. The summed E-state index contributed by atoms with van der Waals surface area (Å²) in [5, 5.41) is 0. The molecular formula is C11H14N2O4S. The first-order valence-electron chi connectivity index (χ1n) is 5.41. The van der Waals surface area contributed by atoms with Gasteiger partial charge in [-0.1, -0.05) is 0 Å². The van der Waals surface area contributed by atoms with Gasteiger partial charge in [0.15, 0.2) is 5.69 Å². The van der Waals surface area contributed by atoms with Gasteiger partial charge in [-0.05, 0) is 25.0 Å². The van der Waals surface area contributed by atoms with E-state index in [0.29, 0.717) is 24.3 Å². The molecule has 0 amide bonds. The van der Waals surface area contributed by atoms with Gasteiger partial charge in [0.2, 0.25) is 10.0 Å². The largest absolute Gasteiger partial charge is 0.464 e. The van der Waals surface area contributed by atoms with E-state index in [4.69, 9.17) is 0 Å². The van der Waals surface area contributed by atoms with Crippen LogP contribution in [0.5, 0.6) is 0 Å². The summed E-state index contributed by atoms with van der Waals surface area (Å²) in [5.74, 6) is -0.568. The smallest absolute Gasteiger partial charge is 0.356 e. The van der Waals surface area contributed by atoms with Crippen molar-refractivity contribution in [1.29, 1.82) is 0 Å². The normalized spacial score (nSPS) is 14.5. The Labute approximate surface area is 106 Å². The molecule has 2 heterocycles. The van der Waals surface area contributed by atoms with Crippen LogP contribution in [0, 0.1) is 6.92 Å². The minimum Gasteiger partial charge on any atom is -0.464 e. The zero-order valence-corrected chi connectivity index (χ0v) is 11.2. The maximum Gasteiger partial charge on any atom is 0.356 e. The van der Waals surface area contributed by atoms with E-state index in [9.17, 15) is 13.2 Å². The molecule has 0 unspecified atom stereocenters. The Morgan fingerprint density at radius 3 is 2.72 bits per heavy atom. The van der Waals surface area contributed by atoms with Crippen LogP contribution in [-0.4, -0.2) is 39.3 Å². The highest BCUT2D eigenvalue weighted by Crippen LogP contribution is 2.32. The number of nitrogens with zero attached hydrogens (tertiary/aromatic N) is 2. The molecule has 0 N–H and O–H groups in total. The van der Waals surface area contributed by atoms with E-state index in [2.05, 4.69) is 9.72 Å². The number of fused-ring (bicyclic) bond motifs is 1. The van der Waals surface area contributed by atoms with Crippen LogP contribution >= 0.6 is 0 Å². The highest BCUT2D eigenvalue weighted by atomic mass is 32.2. The van der Waals surface area contributed by atoms with E-state index in [1.165, 1.54) is 17.5 Å². The molecule has 0 saturated heterocycles. The fourth-order valence-electron chi connectivity index (χ4n) is 2.10. The number of methoxy groups -OCH3 is 1. The monoisotopic (exact) mass is 270 g/mol. The van der Waals surface area contributed by atoms with Gasteiger partial charge in [-0.15, -0.1) is 0 Å². The second-order valence-corrected chi connectivity index (χ2v) is 6.07. The number of aryl methyl sites for hydroxylation is 1. The molecule has 0 atom stereocenters. The molecule has 0 bridgehead atoms. The lowest BCUT2D eigenvalue weighted by atomic mass is 10.1. The molecule has 0 saturated carbocycles. The molecule has 1 aliphatic heterocycles. The number of aromatic nitrogens is 1. The minimum atomic E-state index is -3.33. The Morgan fingerprint density at radius 1 is 1.50 bits per heavy atom. The molecule has 6 nitrogen and oxygen atoms in total. The van der Waals surface area contributed by atoms with Crippen LogP contribution in [0.2, 0.25) is 0 Å². The SMILES string of the molecule is COC(=O)c1cc2c(c(C)n1)CCN2S(C)(=O)=O. The van der Waals surface area contributed by atoms with Crippen molar-refractivity contribution >= 4 is 21.7 Å². The van der Waals surface area contributed by atoms with Crippen molar-refractivity contribution in [3.63, 3.8) is 0 Å². The molecule has 1 aromatic heterocycles. The second kappa shape index (κ2) is 4.24. The predicted molar refractivity (Wildman–Crippen MR) is 66.2 cm³/mol. The molecule has 0 radical (unpaired) electrons. The van der Waals surface area contributed by atoms with Crippen LogP contribution in [-0.2, 0) is 21.2 Å². The van der Waals surface area contributed by atoms with Gasteiger partial charge in [0.1, 0.15) is 0 Å². The quantitative estimate of drug-likeness (QED) is 0.731. The summed E-state index contributed by atoms with van der Waals surface area (Å²) in [6.07, 6.45) is 1.76. The lowest BCUT2D eigenvalue weighted by molar-refractivity contribution is 0.0594. The van der Waals surface area contributed by atoms with E-state index in [-0.39, 0.29) is 5.69 Å². The fraction of sp³-hybridized carbons (Fsp3) is 0.455. The number of carbonyl (C=O) groups is 1. The van der Waals surface area contributed by atoms with Crippen LogP contribution in [0.25, 0.3) is 0 Å². The third-order valence-corrected chi connectivity index (χ3v) is 4.12. The third kappa shape index (κ3) is 2.05. The van der Waals surface area contributed by atoms with E-state index >= 15 is 0 Å². The predicted octanol–water partition coefficient (Wildman–Crippen LogP) is 0.499. The fourth-order valence-corrected chi connectivity index (χ4v) is 3.04. The van der Waals surface area contributed by atoms with Gasteiger partial charge in [0.05, 0.1) is 19.1 Å². The number of hydrogen-bond donors (Lipinski definition) is 0. The Balaban J connectivity index is 2.58. The summed E-state index contributed by atoms with van der Waals surface area (Å²) < 4.78 is 29.2. The first-order chi connectivity index (χ1) is 8.34. The average molecular weight is 270 g/mol. The lowest BCUT2D eigenvalue weighted by Gasteiger charge is -2.17. The van der Waals surface area contributed by atoms with Crippen molar-refractivity contribution in [1.82, 2.24) is 4.98 Å². The van der Waals surface area contributed by atoms with Crippen LogP contribution in [0.1, 0.15) is 21.7 Å². The van der Waals surface area contributed by atoms with Crippen molar-refractivity contribution < 1.29 is 17.9 Å². The second-order valence-electron chi connectivity index (χ2n) is 4.17. The van der Waals surface area contributed by atoms with E-state index in [0.717, 1.165) is 11.8 Å². The first kappa shape index (κ1) is 12.8. The van der Waals surface area contributed by atoms with E-state index in [1.807, 2.05) is 0 Å². The Hall–Kier alpha value is -1.63. The Bertz CT molecular complexity index is 610. The average Bonchev–Trinajstić information content (AvgIpc) is 2.71. The lowest BCUT2D eigenvalue weighted by Crippen LogP contribution is -2.27. The molecular weight excluding hydrogens is 256 g/mol. The molecule has 18 heavy (non-hydrogen) atoms. The van der Waals surface area contributed by atoms with Crippen LogP contribution in [0.4, 0.5) is 5.69 Å². The van der Waals surface area contributed by atoms with Crippen molar-refractivity contribution in [2.75, 3.05) is 24.2 Å². The highest BCUT2D eigenvalue weighted by molar-refractivity contribution is 7.92. The number of hydrogen-bond acceptors (Lipinski definition) is 5. The van der Waals surface area contributed by atoms with Gasteiger partial charge in [-0.3, -0.25) is 4.31 Å². The van der Waals surface area contributed by atoms with Crippen LogP contribution < -0.4 is 4.31 Å². The number of ether oxygens (including phenoxy) is 1. The van der Waals surface area contributed by atoms with E-state index in [1.54, 1.807) is 6.92 Å². The zero-order chi connectivity index (χ0) is 13.5. The summed E-state index contributed by atoms with van der Waals surface area (Å²) >= 11 is 0. The van der Waals surface area contributed by atoms with E-state index < -0.39 is 16.0 Å². The summed E-state index contributed by atoms with van der Waals surface area (Å²) in [5.41, 5.74) is 2.20. The molecule has 98 valence electrons.